The second kappa shape index (κ2) is 4.64. The molecule has 1 aromatic carbocycles. The second-order valence-electron chi connectivity index (χ2n) is 6.72. The molecule has 0 fully saturated rings. The Hall–Kier alpha value is -0.340. The van der Waals surface area contributed by atoms with Gasteiger partial charge in [-0.05, 0) is 48.7 Å². The van der Waals surface area contributed by atoms with E-state index in [-0.39, 0.29) is 0 Å². The van der Waals surface area contributed by atoms with E-state index < -0.39 is 20.1 Å². The molecule has 2 heteroatoms. The van der Waals surface area contributed by atoms with Crippen molar-refractivity contribution in [2.75, 3.05) is 37.5 Å². The molecule has 1 aromatic rings. The van der Waals surface area contributed by atoms with Gasteiger partial charge >= 0.3 is 0 Å². The van der Waals surface area contributed by atoms with E-state index in [1.807, 2.05) is 0 Å². The van der Waals surface area contributed by atoms with Crippen molar-refractivity contribution in [1.82, 2.24) is 0 Å². The molecule has 2 atom stereocenters. The molecule has 18 heavy (non-hydrogen) atoms. The maximum atomic E-state index is 2.49. The summed E-state index contributed by atoms with van der Waals surface area (Å²) in [6, 6.07) is 9.09. The van der Waals surface area contributed by atoms with Crippen molar-refractivity contribution in [2.24, 2.45) is 0 Å². The van der Waals surface area contributed by atoms with Gasteiger partial charge in [-0.15, -0.1) is 0 Å². The summed E-state index contributed by atoms with van der Waals surface area (Å²) >= 11 is 0. The summed E-state index contributed by atoms with van der Waals surface area (Å²) in [7, 11) is -1.17. The molecule has 0 saturated carbocycles. The Bertz CT molecular complexity index is 418. The molecule has 0 bridgehead atoms. The Morgan fingerprint density at radius 3 is 1.28 bits per heavy atom. The fraction of sp³-hybridized carbons (Fsp3) is 0.500. The Morgan fingerprint density at radius 2 is 1.00 bits per heavy atom. The molecule has 1 aliphatic carbocycles. The third-order valence-electron chi connectivity index (χ3n) is 3.59. The highest BCUT2D eigenvalue weighted by molar-refractivity contribution is 8.32. The molecule has 0 radical (unpaired) electrons. The van der Waals surface area contributed by atoms with Crippen LogP contribution in [0.4, 0.5) is 0 Å². The molecular formula is C16H26S2. The molecule has 0 heterocycles. The van der Waals surface area contributed by atoms with Crippen LogP contribution in [0.2, 0.25) is 0 Å². The van der Waals surface area contributed by atoms with Crippen molar-refractivity contribution >= 4 is 20.1 Å². The molecule has 0 aliphatic heterocycles. The summed E-state index contributed by atoms with van der Waals surface area (Å²) in [5.41, 5.74) is 3.16. The lowest BCUT2D eigenvalue weighted by atomic mass is 9.96. The summed E-state index contributed by atoms with van der Waals surface area (Å²) in [6.07, 6.45) is 19.5. The molecule has 2 rings (SSSR count). The lowest BCUT2D eigenvalue weighted by Crippen LogP contribution is -2.16. The lowest BCUT2D eigenvalue weighted by molar-refractivity contribution is 1.04. The standard InChI is InChI=1S/C16H26S2/c1-17(2,3)15-11-12-16(18(4,5)6)14-10-8-7-9-13(14)15/h7-12,15-16H,1-6H3. The maximum Gasteiger partial charge on any atom is 0.0319 e. The van der Waals surface area contributed by atoms with E-state index in [1.54, 1.807) is 11.1 Å². The molecule has 102 valence electrons. The zero-order valence-electron chi connectivity index (χ0n) is 12.4. The first-order chi connectivity index (χ1) is 8.21. The third-order valence-corrected chi connectivity index (χ3v) is 7.46. The van der Waals surface area contributed by atoms with Crippen LogP contribution in [-0.2, 0) is 0 Å². The van der Waals surface area contributed by atoms with Gasteiger partial charge in [-0.25, -0.2) is 20.1 Å². The minimum Gasteiger partial charge on any atom is -0.239 e. The Kier molecular flexibility index (Phi) is 3.63. The van der Waals surface area contributed by atoms with E-state index in [0.29, 0.717) is 10.5 Å². The highest BCUT2D eigenvalue weighted by Crippen LogP contribution is 2.61. The van der Waals surface area contributed by atoms with Crippen molar-refractivity contribution in [3.8, 4) is 0 Å². The topological polar surface area (TPSA) is 0 Å². The van der Waals surface area contributed by atoms with Gasteiger partial charge in [0.05, 0.1) is 0 Å². The van der Waals surface area contributed by atoms with Gasteiger partial charge in [0, 0.05) is 10.5 Å². The largest absolute Gasteiger partial charge is 0.239 e. The predicted octanol–water partition coefficient (Wildman–Crippen LogP) is 4.73. The SMILES string of the molecule is CS(C)(C)C1C=CC(S(C)(C)C)c2ccccc21. The van der Waals surface area contributed by atoms with E-state index in [0.717, 1.165) is 0 Å². The Morgan fingerprint density at radius 1 is 0.667 bits per heavy atom. The summed E-state index contributed by atoms with van der Waals surface area (Å²) in [5.74, 6) is 0. The molecular weight excluding hydrogens is 256 g/mol. The first-order valence-electron chi connectivity index (χ1n) is 6.33. The number of rotatable bonds is 2. The average molecular weight is 283 g/mol. The lowest BCUT2D eigenvalue weighted by Gasteiger charge is -2.43. The molecule has 0 nitrogen and oxygen atoms in total. The van der Waals surface area contributed by atoms with Crippen molar-refractivity contribution in [3.05, 3.63) is 47.5 Å². The maximum absolute atomic E-state index is 2.49. The van der Waals surface area contributed by atoms with Crippen LogP contribution >= 0.6 is 20.1 Å². The molecule has 0 spiro atoms. The molecule has 1 aliphatic rings. The van der Waals surface area contributed by atoms with Crippen LogP contribution in [0.3, 0.4) is 0 Å². The van der Waals surface area contributed by atoms with E-state index in [9.17, 15) is 0 Å². The quantitative estimate of drug-likeness (QED) is 0.688. The first-order valence-corrected chi connectivity index (χ1v) is 12.2. The van der Waals surface area contributed by atoms with Gasteiger partial charge in [0.25, 0.3) is 0 Å². The van der Waals surface area contributed by atoms with Gasteiger partial charge < -0.3 is 0 Å². The van der Waals surface area contributed by atoms with E-state index in [1.165, 1.54) is 0 Å². The van der Waals surface area contributed by atoms with Gasteiger partial charge in [-0.3, -0.25) is 0 Å². The number of benzene rings is 1. The first kappa shape index (κ1) is 14.1. The van der Waals surface area contributed by atoms with Crippen molar-refractivity contribution in [3.63, 3.8) is 0 Å². The van der Waals surface area contributed by atoms with Gasteiger partial charge in [-0.2, -0.15) is 0 Å². The van der Waals surface area contributed by atoms with Crippen LogP contribution < -0.4 is 0 Å². The number of hydrogen-bond donors (Lipinski definition) is 0. The second-order valence-corrected chi connectivity index (χ2v) is 15.5. The zero-order valence-corrected chi connectivity index (χ0v) is 14.1. The van der Waals surface area contributed by atoms with Crippen LogP contribution in [0.5, 0.6) is 0 Å². The molecule has 0 N–H and O–H groups in total. The van der Waals surface area contributed by atoms with Gasteiger partial charge in [-0.1, -0.05) is 36.4 Å². The number of hydrogen-bond acceptors (Lipinski definition) is 0. The Balaban J connectivity index is 2.53. The van der Waals surface area contributed by atoms with E-state index in [4.69, 9.17) is 0 Å². The highest BCUT2D eigenvalue weighted by Gasteiger charge is 2.31. The molecule has 0 aromatic heterocycles. The zero-order chi connectivity index (χ0) is 13.6. The fourth-order valence-corrected chi connectivity index (χ4v) is 5.75. The van der Waals surface area contributed by atoms with E-state index in [2.05, 4.69) is 74.0 Å². The van der Waals surface area contributed by atoms with Gasteiger partial charge in [0.15, 0.2) is 0 Å². The van der Waals surface area contributed by atoms with E-state index >= 15 is 0 Å². The van der Waals surface area contributed by atoms with Crippen LogP contribution in [0.25, 0.3) is 0 Å². The van der Waals surface area contributed by atoms with Gasteiger partial charge in [0.2, 0.25) is 0 Å². The van der Waals surface area contributed by atoms with Crippen LogP contribution in [0, 0.1) is 0 Å². The number of fused-ring (bicyclic) bond motifs is 1. The van der Waals surface area contributed by atoms with Crippen molar-refractivity contribution < 1.29 is 0 Å². The minimum absolute atomic E-state index is 0.586. The van der Waals surface area contributed by atoms with Crippen LogP contribution in [0.1, 0.15) is 21.6 Å². The molecule has 0 amide bonds. The normalized spacial score (nSPS) is 25.7. The summed E-state index contributed by atoms with van der Waals surface area (Å²) < 4.78 is 0. The van der Waals surface area contributed by atoms with Gasteiger partial charge in [0.1, 0.15) is 0 Å². The monoisotopic (exact) mass is 282 g/mol. The highest BCUT2D eigenvalue weighted by atomic mass is 32.3. The summed E-state index contributed by atoms with van der Waals surface area (Å²) in [6.45, 7) is 0. The van der Waals surface area contributed by atoms with Crippen LogP contribution in [-0.4, -0.2) is 37.5 Å². The van der Waals surface area contributed by atoms with Crippen molar-refractivity contribution in [2.45, 2.75) is 10.5 Å². The minimum atomic E-state index is -0.586. The average Bonchev–Trinajstić information content (AvgIpc) is 2.24. The summed E-state index contributed by atoms with van der Waals surface area (Å²) in [4.78, 5) is 0. The fourth-order valence-electron chi connectivity index (χ4n) is 2.67. The smallest absolute Gasteiger partial charge is 0.0319 e. The molecule has 2 unspecified atom stereocenters. The van der Waals surface area contributed by atoms with Crippen LogP contribution in [0.15, 0.2) is 36.4 Å². The molecule has 0 saturated heterocycles. The summed E-state index contributed by atoms with van der Waals surface area (Å²) in [5, 5.41) is 1.26. The van der Waals surface area contributed by atoms with Crippen molar-refractivity contribution in [1.29, 1.82) is 0 Å². The third kappa shape index (κ3) is 2.65. The predicted molar refractivity (Wildman–Crippen MR) is 91.8 cm³/mol. The Labute approximate surface area is 116 Å².